The van der Waals surface area contributed by atoms with Crippen molar-refractivity contribution in [3.8, 4) is 0 Å². The van der Waals surface area contributed by atoms with E-state index in [0.29, 0.717) is 5.15 Å². The van der Waals surface area contributed by atoms with Gasteiger partial charge < -0.3 is 4.90 Å². The van der Waals surface area contributed by atoms with Gasteiger partial charge in [-0.2, -0.15) is 0 Å². The minimum atomic E-state index is 0.583. The van der Waals surface area contributed by atoms with E-state index in [1.54, 1.807) is 10.6 Å². The SMILES string of the molecule is CN(C)Cc1nc2cccc(Cl)n2n1. The number of hydrogen-bond acceptors (Lipinski definition) is 3. The molecule has 0 N–H and O–H groups in total. The van der Waals surface area contributed by atoms with Gasteiger partial charge in [-0.25, -0.2) is 9.50 Å². The van der Waals surface area contributed by atoms with E-state index in [2.05, 4.69) is 10.1 Å². The average molecular weight is 211 g/mol. The molecular formula is C9H11ClN4. The first-order valence-corrected chi connectivity index (χ1v) is 4.69. The summed E-state index contributed by atoms with van der Waals surface area (Å²) >= 11 is 5.95. The first-order valence-electron chi connectivity index (χ1n) is 4.32. The van der Waals surface area contributed by atoms with Crippen LogP contribution in [0.2, 0.25) is 5.15 Å². The fraction of sp³-hybridized carbons (Fsp3) is 0.333. The summed E-state index contributed by atoms with van der Waals surface area (Å²) in [6.07, 6.45) is 0. The van der Waals surface area contributed by atoms with Crippen molar-refractivity contribution >= 4 is 17.2 Å². The Morgan fingerprint density at radius 2 is 2.21 bits per heavy atom. The van der Waals surface area contributed by atoms with E-state index in [1.165, 1.54) is 0 Å². The number of halogens is 1. The summed E-state index contributed by atoms with van der Waals surface area (Å²) < 4.78 is 1.64. The number of hydrogen-bond donors (Lipinski definition) is 0. The lowest BCUT2D eigenvalue weighted by molar-refractivity contribution is 0.390. The van der Waals surface area contributed by atoms with Crippen LogP contribution in [0.15, 0.2) is 18.2 Å². The predicted octanol–water partition coefficient (Wildman–Crippen LogP) is 1.44. The van der Waals surface area contributed by atoms with Crippen LogP contribution in [0.1, 0.15) is 5.82 Å². The van der Waals surface area contributed by atoms with Crippen molar-refractivity contribution in [1.29, 1.82) is 0 Å². The van der Waals surface area contributed by atoms with Crippen LogP contribution in [0.25, 0.3) is 5.65 Å². The molecule has 0 saturated carbocycles. The van der Waals surface area contributed by atoms with Crippen LogP contribution in [0.4, 0.5) is 0 Å². The fourth-order valence-corrected chi connectivity index (χ4v) is 1.46. The van der Waals surface area contributed by atoms with E-state index < -0.39 is 0 Å². The molecule has 0 aromatic carbocycles. The summed E-state index contributed by atoms with van der Waals surface area (Å²) in [6, 6.07) is 5.55. The maximum atomic E-state index is 5.95. The molecule has 0 atom stereocenters. The number of fused-ring (bicyclic) bond motifs is 1. The Balaban J connectivity index is 2.46. The van der Waals surface area contributed by atoms with Gasteiger partial charge in [0.2, 0.25) is 0 Å². The molecule has 2 aromatic rings. The third kappa shape index (κ3) is 1.71. The van der Waals surface area contributed by atoms with Gasteiger partial charge in [0.15, 0.2) is 11.5 Å². The Hall–Kier alpha value is -1.13. The highest BCUT2D eigenvalue weighted by Crippen LogP contribution is 2.10. The van der Waals surface area contributed by atoms with Crippen LogP contribution >= 0.6 is 11.6 Å². The van der Waals surface area contributed by atoms with Gasteiger partial charge in [-0.05, 0) is 26.2 Å². The maximum Gasteiger partial charge on any atom is 0.165 e. The van der Waals surface area contributed by atoms with Crippen LogP contribution in [-0.4, -0.2) is 33.6 Å². The minimum absolute atomic E-state index is 0.583. The van der Waals surface area contributed by atoms with E-state index in [1.807, 2.05) is 31.1 Å². The zero-order chi connectivity index (χ0) is 10.1. The molecule has 0 aliphatic carbocycles. The Labute approximate surface area is 87.1 Å². The topological polar surface area (TPSA) is 33.4 Å². The molecule has 0 radical (unpaired) electrons. The fourth-order valence-electron chi connectivity index (χ4n) is 1.27. The van der Waals surface area contributed by atoms with Gasteiger partial charge in [0.05, 0.1) is 6.54 Å². The largest absolute Gasteiger partial charge is 0.302 e. The molecule has 2 heterocycles. The second-order valence-electron chi connectivity index (χ2n) is 3.38. The van der Waals surface area contributed by atoms with Crippen molar-refractivity contribution in [3.63, 3.8) is 0 Å². The summed E-state index contributed by atoms with van der Waals surface area (Å²) in [6.45, 7) is 0.720. The molecule has 0 spiro atoms. The second kappa shape index (κ2) is 3.55. The van der Waals surface area contributed by atoms with Gasteiger partial charge in [-0.3, -0.25) is 0 Å². The van der Waals surface area contributed by atoms with Crippen LogP contribution in [0.5, 0.6) is 0 Å². The number of rotatable bonds is 2. The van der Waals surface area contributed by atoms with Gasteiger partial charge in [0.25, 0.3) is 0 Å². The quantitative estimate of drug-likeness (QED) is 0.704. The van der Waals surface area contributed by atoms with Gasteiger partial charge in [0.1, 0.15) is 5.15 Å². The maximum absolute atomic E-state index is 5.95. The second-order valence-corrected chi connectivity index (χ2v) is 3.77. The highest BCUT2D eigenvalue weighted by atomic mass is 35.5. The Kier molecular flexibility index (Phi) is 2.39. The van der Waals surface area contributed by atoms with Crippen LogP contribution < -0.4 is 0 Å². The number of pyridine rings is 1. The Morgan fingerprint density at radius 1 is 1.43 bits per heavy atom. The first-order chi connectivity index (χ1) is 6.66. The molecule has 14 heavy (non-hydrogen) atoms. The molecule has 0 saturated heterocycles. The lowest BCUT2D eigenvalue weighted by atomic mass is 10.5. The van der Waals surface area contributed by atoms with E-state index in [0.717, 1.165) is 18.0 Å². The predicted molar refractivity (Wildman–Crippen MR) is 55.4 cm³/mol. The van der Waals surface area contributed by atoms with Crippen LogP contribution in [0.3, 0.4) is 0 Å². The molecule has 2 aromatic heterocycles. The smallest absolute Gasteiger partial charge is 0.165 e. The monoisotopic (exact) mass is 210 g/mol. The lowest BCUT2D eigenvalue weighted by Gasteiger charge is -2.03. The zero-order valence-corrected chi connectivity index (χ0v) is 8.86. The molecule has 0 fully saturated rings. The normalized spacial score (nSPS) is 11.4. The molecule has 0 bridgehead atoms. The molecular weight excluding hydrogens is 200 g/mol. The third-order valence-corrected chi connectivity index (χ3v) is 2.10. The highest BCUT2D eigenvalue weighted by molar-refractivity contribution is 6.29. The van der Waals surface area contributed by atoms with Crippen molar-refractivity contribution in [2.45, 2.75) is 6.54 Å². The highest BCUT2D eigenvalue weighted by Gasteiger charge is 2.05. The molecule has 5 heteroatoms. The number of aromatic nitrogens is 3. The molecule has 74 valence electrons. The standard InChI is InChI=1S/C9H11ClN4/c1-13(2)6-8-11-9-5-3-4-7(10)14(9)12-8/h3-5H,6H2,1-2H3. The van der Waals surface area contributed by atoms with E-state index >= 15 is 0 Å². The van der Waals surface area contributed by atoms with Crippen LogP contribution in [0, 0.1) is 0 Å². The van der Waals surface area contributed by atoms with Crippen molar-refractivity contribution in [1.82, 2.24) is 19.5 Å². The van der Waals surface area contributed by atoms with Crippen molar-refractivity contribution in [3.05, 3.63) is 29.2 Å². The van der Waals surface area contributed by atoms with Crippen molar-refractivity contribution in [2.24, 2.45) is 0 Å². The van der Waals surface area contributed by atoms with Gasteiger partial charge in [0, 0.05) is 0 Å². The van der Waals surface area contributed by atoms with E-state index in [-0.39, 0.29) is 0 Å². The molecule has 4 nitrogen and oxygen atoms in total. The average Bonchev–Trinajstić information content (AvgIpc) is 2.47. The van der Waals surface area contributed by atoms with Crippen LogP contribution in [-0.2, 0) is 6.54 Å². The van der Waals surface area contributed by atoms with E-state index in [4.69, 9.17) is 11.6 Å². The van der Waals surface area contributed by atoms with Gasteiger partial charge in [-0.1, -0.05) is 17.7 Å². The van der Waals surface area contributed by atoms with E-state index in [9.17, 15) is 0 Å². The number of nitrogens with zero attached hydrogens (tertiary/aromatic N) is 4. The van der Waals surface area contributed by atoms with Gasteiger partial charge in [-0.15, -0.1) is 5.10 Å². The molecule has 0 unspecified atom stereocenters. The molecule has 2 rings (SSSR count). The Morgan fingerprint density at radius 3 is 2.86 bits per heavy atom. The molecule has 0 aliphatic heterocycles. The summed E-state index contributed by atoms with van der Waals surface area (Å²) in [4.78, 5) is 6.36. The minimum Gasteiger partial charge on any atom is -0.302 e. The summed E-state index contributed by atoms with van der Waals surface area (Å²) in [5, 5.41) is 4.87. The third-order valence-electron chi connectivity index (χ3n) is 1.82. The zero-order valence-electron chi connectivity index (χ0n) is 8.11. The lowest BCUT2D eigenvalue weighted by Crippen LogP contribution is -2.11. The summed E-state index contributed by atoms with van der Waals surface area (Å²) in [7, 11) is 3.96. The molecule has 0 amide bonds. The Bertz CT molecular complexity index is 449. The first kappa shape index (κ1) is 9.43. The van der Waals surface area contributed by atoms with Gasteiger partial charge >= 0.3 is 0 Å². The van der Waals surface area contributed by atoms with Crippen molar-refractivity contribution in [2.75, 3.05) is 14.1 Å². The summed E-state index contributed by atoms with van der Waals surface area (Å²) in [5.41, 5.74) is 0.786. The molecule has 0 aliphatic rings. The van der Waals surface area contributed by atoms with Crippen molar-refractivity contribution < 1.29 is 0 Å². The summed E-state index contributed by atoms with van der Waals surface area (Å²) in [5.74, 6) is 0.781.